The second-order valence-corrected chi connectivity index (χ2v) is 7.56. The van der Waals surface area contributed by atoms with E-state index in [4.69, 9.17) is 0 Å². The van der Waals surface area contributed by atoms with Gasteiger partial charge in [-0.3, -0.25) is 9.59 Å². The third-order valence-electron chi connectivity index (χ3n) is 5.71. The maximum atomic E-state index is 14.6. The van der Waals surface area contributed by atoms with E-state index < -0.39 is 11.9 Å². The Bertz CT molecular complexity index is 976. The number of benzene rings is 1. The number of pyridine rings is 1. The fourth-order valence-electron chi connectivity index (χ4n) is 4.24. The Balaban J connectivity index is 1.43. The van der Waals surface area contributed by atoms with Gasteiger partial charge in [-0.25, -0.2) is 4.39 Å². The van der Waals surface area contributed by atoms with E-state index >= 15 is 0 Å². The molecule has 4 atom stereocenters. The van der Waals surface area contributed by atoms with Gasteiger partial charge in [0.05, 0.1) is 12.1 Å². The van der Waals surface area contributed by atoms with Gasteiger partial charge in [0.15, 0.2) is 0 Å². The average Bonchev–Trinajstić information content (AvgIpc) is 3.33. The number of carbonyl (C=O) groups is 1. The Labute approximate surface area is 161 Å². The van der Waals surface area contributed by atoms with Crippen LogP contribution < -0.4 is 16.2 Å². The summed E-state index contributed by atoms with van der Waals surface area (Å²) in [5, 5.41) is 15.5. The van der Waals surface area contributed by atoms with Crippen LogP contribution in [0.1, 0.15) is 24.8 Å². The first-order valence-corrected chi connectivity index (χ1v) is 9.47. The Hall–Kier alpha value is -2.98. The molecule has 144 valence electrons. The van der Waals surface area contributed by atoms with Gasteiger partial charge < -0.3 is 15.6 Å². The molecule has 1 aliphatic carbocycles. The highest BCUT2D eigenvalue weighted by atomic mass is 19.1. The summed E-state index contributed by atoms with van der Waals surface area (Å²) < 4.78 is 14.6. The van der Waals surface area contributed by atoms with Gasteiger partial charge in [-0.1, -0.05) is 12.1 Å². The van der Waals surface area contributed by atoms with Crippen LogP contribution in [0.5, 0.6) is 0 Å². The van der Waals surface area contributed by atoms with Gasteiger partial charge in [0.25, 0.3) is 0 Å². The van der Waals surface area contributed by atoms with Crippen LogP contribution >= 0.6 is 0 Å². The van der Waals surface area contributed by atoms with Crippen molar-refractivity contribution in [3.63, 3.8) is 0 Å². The molecule has 6 nitrogen and oxygen atoms in total. The Morgan fingerprint density at radius 3 is 2.71 bits per heavy atom. The molecule has 1 amide bonds. The number of rotatable bonds is 5. The second kappa shape index (κ2) is 7.56. The van der Waals surface area contributed by atoms with Crippen molar-refractivity contribution in [2.24, 2.45) is 5.92 Å². The molecule has 1 aliphatic heterocycles. The van der Waals surface area contributed by atoms with Crippen LogP contribution in [0.15, 0.2) is 41.3 Å². The molecule has 3 N–H and O–H groups in total. The van der Waals surface area contributed by atoms with E-state index in [-0.39, 0.29) is 23.9 Å². The second-order valence-electron chi connectivity index (χ2n) is 7.56. The quantitative estimate of drug-likeness (QED) is 0.738. The number of carbonyl (C=O) groups excluding carboxylic acids is 1. The van der Waals surface area contributed by atoms with Gasteiger partial charge in [-0.15, -0.1) is 0 Å². The van der Waals surface area contributed by atoms with Crippen LogP contribution in [0.4, 0.5) is 4.39 Å². The minimum absolute atomic E-state index is 0.0980. The SMILES string of the molecule is N#C[C@H](Cc1ccc(-c2ccc(=O)[nH]c2)cc1F)NC(=O)C1NC2CCC1C2. The highest BCUT2D eigenvalue weighted by Gasteiger charge is 2.43. The smallest absolute Gasteiger partial charge is 0.247 e. The van der Waals surface area contributed by atoms with Crippen LogP contribution in [-0.2, 0) is 11.2 Å². The molecule has 2 heterocycles. The van der Waals surface area contributed by atoms with Crippen LogP contribution in [0.2, 0.25) is 0 Å². The lowest BCUT2D eigenvalue weighted by Crippen LogP contribution is -2.50. The van der Waals surface area contributed by atoms with E-state index in [0.29, 0.717) is 28.7 Å². The predicted octanol–water partition coefficient (Wildman–Crippen LogP) is 1.87. The normalized spacial score (nSPS) is 23.9. The predicted molar refractivity (Wildman–Crippen MR) is 102 cm³/mol. The Morgan fingerprint density at radius 2 is 2.11 bits per heavy atom. The third-order valence-corrected chi connectivity index (χ3v) is 5.71. The highest BCUT2D eigenvalue weighted by Crippen LogP contribution is 2.35. The molecule has 7 heteroatoms. The molecule has 0 radical (unpaired) electrons. The van der Waals surface area contributed by atoms with Gasteiger partial charge in [-0.2, -0.15) is 5.26 Å². The molecule has 28 heavy (non-hydrogen) atoms. The molecule has 3 unspecified atom stereocenters. The van der Waals surface area contributed by atoms with Crippen molar-refractivity contribution >= 4 is 5.91 Å². The van der Waals surface area contributed by atoms with Crippen molar-refractivity contribution in [3.8, 4) is 17.2 Å². The van der Waals surface area contributed by atoms with E-state index in [1.54, 1.807) is 18.2 Å². The van der Waals surface area contributed by atoms with Crippen LogP contribution in [-0.4, -0.2) is 29.0 Å². The van der Waals surface area contributed by atoms with Gasteiger partial charge in [-0.05, 0) is 54.0 Å². The highest BCUT2D eigenvalue weighted by molar-refractivity contribution is 5.83. The van der Waals surface area contributed by atoms with Crippen molar-refractivity contribution < 1.29 is 9.18 Å². The molecule has 4 rings (SSSR count). The number of nitrogens with zero attached hydrogens (tertiary/aromatic N) is 1. The van der Waals surface area contributed by atoms with Crippen molar-refractivity contribution in [3.05, 3.63) is 58.3 Å². The lowest BCUT2D eigenvalue weighted by molar-refractivity contribution is -0.124. The summed E-state index contributed by atoms with van der Waals surface area (Å²) >= 11 is 0. The molecular weight excluding hydrogens is 359 g/mol. The van der Waals surface area contributed by atoms with Gasteiger partial charge in [0, 0.05) is 24.7 Å². The number of piperidine rings is 1. The van der Waals surface area contributed by atoms with Crippen molar-refractivity contribution in [2.45, 2.75) is 43.8 Å². The van der Waals surface area contributed by atoms with Crippen LogP contribution in [0.3, 0.4) is 0 Å². The van der Waals surface area contributed by atoms with Gasteiger partial charge in [0.1, 0.15) is 11.9 Å². The standard InChI is InChI=1S/C21H21FN4O2/c22-18-9-12(15-4-6-19(27)24-11-15)1-2-13(18)7-17(10-23)26-21(28)20-14-3-5-16(8-14)25-20/h1-2,4,6,9,11,14,16-17,20,25H,3,5,7-8H2,(H,24,27)(H,26,28)/t14?,16?,17-,20?/m0/s1. The van der Waals surface area contributed by atoms with Crippen molar-refractivity contribution in [1.82, 2.24) is 15.6 Å². The summed E-state index contributed by atoms with van der Waals surface area (Å²) in [4.78, 5) is 26.2. The number of nitriles is 1. The summed E-state index contributed by atoms with van der Waals surface area (Å²) in [7, 11) is 0. The molecule has 1 aromatic carbocycles. The lowest BCUT2D eigenvalue weighted by Gasteiger charge is -2.23. The summed E-state index contributed by atoms with van der Waals surface area (Å²) in [6, 6.07) is 9.15. The number of aromatic nitrogens is 1. The summed E-state index contributed by atoms with van der Waals surface area (Å²) in [5.41, 5.74) is 1.46. The van der Waals surface area contributed by atoms with Gasteiger partial charge in [0.2, 0.25) is 11.5 Å². The third kappa shape index (κ3) is 3.69. The zero-order chi connectivity index (χ0) is 19.7. The first-order valence-electron chi connectivity index (χ1n) is 9.47. The maximum absolute atomic E-state index is 14.6. The van der Waals surface area contributed by atoms with Crippen molar-refractivity contribution in [2.75, 3.05) is 0 Å². The molecule has 2 bridgehead atoms. The fourth-order valence-corrected chi connectivity index (χ4v) is 4.24. The molecule has 1 aromatic heterocycles. The Kier molecular flexibility index (Phi) is 4.97. The first kappa shape index (κ1) is 18.4. The number of nitrogens with one attached hydrogen (secondary N) is 3. The monoisotopic (exact) mass is 380 g/mol. The molecule has 2 fully saturated rings. The number of hydrogen-bond donors (Lipinski definition) is 3. The topological polar surface area (TPSA) is 97.8 Å². The van der Waals surface area contributed by atoms with E-state index in [9.17, 15) is 19.2 Å². The summed E-state index contributed by atoms with van der Waals surface area (Å²) in [6.07, 6.45) is 4.77. The lowest BCUT2D eigenvalue weighted by atomic mass is 9.98. The summed E-state index contributed by atoms with van der Waals surface area (Å²) in [5.74, 6) is -0.294. The number of halogens is 1. The van der Waals surface area contributed by atoms with Crippen LogP contribution in [0.25, 0.3) is 11.1 Å². The van der Waals surface area contributed by atoms with Gasteiger partial charge >= 0.3 is 0 Å². The number of hydrogen-bond acceptors (Lipinski definition) is 4. The zero-order valence-corrected chi connectivity index (χ0v) is 15.2. The molecule has 2 aromatic rings. The molecule has 1 saturated carbocycles. The average molecular weight is 380 g/mol. The number of amides is 1. The maximum Gasteiger partial charge on any atom is 0.247 e. The van der Waals surface area contributed by atoms with E-state index in [1.807, 2.05) is 0 Å². The van der Waals surface area contributed by atoms with Crippen LogP contribution in [0, 0.1) is 23.1 Å². The van der Waals surface area contributed by atoms with Crippen molar-refractivity contribution in [1.29, 1.82) is 5.26 Å². The molecule has 1 saturated heterocycles. The minimum atomic E-state index is -0.790. The summed E-state index contributed by atoms with van der Waals surface area (Å²) in [6.45, 7) is 0. The van der Waals surface area contributed by atoms with E-state index in [2.05, 4.69) is 21.7 Å². The first-order chi connectivity index (χ1) is 13.5. The Morgan fingerprint density at radius 1 is 1.29 bits per heavy atom. The van der Waals surface area contributed by atoms with E-state index in [1.165, 1.54) is 18.3 Å². The molecule has 2 aliphatic rings. The zero-order valence-electron chi connectivity index (χ0n) is 15.2. The molecular formula is C21H21FN4O2. The number of fused-ring (bicyclic) bond motifs is 2. The fraction of sp³-hybridized carbons (Fsp3) is 0.381. The number of H-pyrrole nitrogens is 1. The number of aromatic amines is 1. The minimum Gasteiger partial charge on any atom is -0.339 e. The van der Waals surface area contributed by atoms with E-state index in [0.717, 1.165) is 19.3 Å². The molecule has 0 spiro atoms. The largest absolute Gasteiger partial charge is 0.339 e.